The molecule has 0 spiro atoms. The van der Waals surface area contributed by atoms with Crippen molar-refractivity contribution in [2.75, 3.05) is 40.9 Å². The predicted octanol–water partition coefficient (Wildman–Crippen LogP) is 25.0. The average molecular weight is 1240 g/mol. The lowest BCUT2D eigenvalue weighted by atomic mass is 10.0. The normalized spacial score (nSPS) is 13.6. The van der Waals surface area contributed by atoms with E-state index in [1.807, 2.05) is 27.2 Å². The number of hydrogen-bond acceptors (Lipinski definition) is 5. The fraction of sp³-hybridized carbons (Fsp3) is 0.935. The lowest BCUT2D eigenvalue weighted by molar-refractivity contribution is -0.870. The number of unbranched alkanes of at least 4 members (excludes halogenated alkanes) is 58. The molecule has 0 aliphatic rings. The number of phosphoric acid groups is 1. The number of likely N-dealkylation sites (N-methyl/N-ethyl adjacent to an activating group) is 1. The lowest BCUT2D eigenvalue weighted by Crippen LogP contribution is -2.45. The Kier molecular flexibility index (Phi) is 67.5. The van der Waals surface area contributed by atoms with Crippen LogP contribution in [0.15, 0.2) is 24.3 Å². The van der Waals surface area contributed by atoms with Gasteiger partial charge in [0.2, 0.25) is 5.91 Å². The third-order valence-corrected chi connectivity index (χ3v) is 19.2. The Bertz CT molecular complexity index is 1450. The molecular weight excluding hydrogens is 1080 g/mol. The molecule has 8 nitrogen and oxygen atoms in total. The van der Waals surface area contributed by atoms with E-state index in [4.69, 9.17) is 9.05 Å². The quantitative estimate of drug-likeness (QED) is 0.0243. The lowest BCUT2D eigenvalue weighted by Gasteiger charge is -2.25. The van der Waals surface area contributed by atoms with E-state index in [2.05, 4.69) is 31.3 Å². The zero-order valence-corrected chi connectivity index (χ0v) is 59.7. The van der Waals surface area contributed by atoms with Gasteiger partial charge in [0.1, 0.15) is 13.2 Å². The van der Waals surface area contributed by atoms with E-state index in [0.29, 0.717) is 17.4 Å². The number of allylic oxidation sites excluding steroid dienone is 3. The van der Waals surface area contributed by atoms with Crippen LogP contribution in [0.1, 0.15) is 412 Å². The van der Waals surface area contributed by atoms with Crippen molar-refractivity contribution < 1.29 is 32.9 Å². The number of amides is 1. The smallest absolute Gasteiger partial charge is 0.387 e. The number of aliphatic hydroxyl groups excluding tert-OH is 1. The maximum atomic E-state index is 13.1. The SMILES string of the molecule is CCCCCCCCCCCCCCCCCCCCCCCCCCCC/C=C/CC/C=C/C(O)C(COP(=O)(O)OCC[N+](C)(C)C)NC(=O)CCCCCCCCCCCCCCCCCCCCCCCCCCCCCCCCCC. The Hall–Kier alpha value is -1.02. The number of aliphatic hydroxyl groups is 1. The molecule has 0 rings (SSSR count). The van der Waals surface area contributed by atoms with E-state index < -0.39 is 20.0 Å². The van der Waals surface area contributed by atoms with Crippen LogP contribution in [0.25, 0.3) is 0 Å². The van der Waals surface area contributed by atoms with Gasteiger partial charge in [-0.1, -0.05) is 398 Å². The third-order valence-electron chi connectivity index (χ3n) is 18.2. The molecule has 0 aromatic carbocycles. The predicted molar refractivity (Wildman–Crippen MR) is 378 cm³/mol. The van der Waals surface area contributed by atoms with E-state index >= 15 is 0 Å². The number of nitrogens with zero attached hydrogens (tertiary/aromatic N) is 1. The molecule has 0 bridgehead atoms. The van der Waals surface area contributed by atoms with Crippen molar-refractivity contribution in [3.8, 4) is 0 Å². The van der Waals surface area contributed by atoms with E-state index in [1.54, 1.807) is 6.08 Å². The Morgan fingerprint density at radius 3 is 0.930 bits per heavy atom. The summed E-state index contributed by atoms with van der Waals surface area (Å²) < 4.78 is 23.9. The van der Waals surface area contributed by atoms with Gasteiger partial charge in [0, 0.05) is 6.42 Å². The van der Waals surface area contributed by atoms with E-state index in [-0.39, 0.29) is 19.1 Å². The molecule has 0 saturated carbocycles. The van der Waals surface area contributed by atoms with Crippen LogP contribution < -0.4 is 5.32 Å². The number of hydrogen-bond donors (Lipinski definition) is 3. The first-order chi connectivity index (χ1) is 42.0. The molecule has 3 N–H and O–H groups in total. The van der Waals surface area contributed by atoms with Gasteiger partial charge in [0.05, 0.1) is 39.9 Å². The maximum Gasteiger partial charge on any atom is 0.472 e. The van der Waals surface area contributed by atoms with Crippen LogP contribution in [0.2, 0.25) is 0 Å². The summed E-state index contributed by atoms with van der Waals surface area (Å²) in [6.07, 6.45) is 90.9. The van der Waals surface area contributed by atoms with Crippen LogP contribution in [0.5, 0.6) is 0 Å². The number of phosphoric ester groups is 1. The Morgan fingerprint density at radius 1 is 0.384 bits per heavy atom. The molecule has 0 aromatic rings. The summed E-state index contributed by atoms with van der Waals surface area (Å²) in [5, 5.41) is 14.0. The zero-order valence-electron chi connectivity index (χ0n) is 58.8. The molecule has 0 aliphatic heterocycles. The standard InChI is InChI=1S/C77H153N2O6P/c1-6-8-10-12-14-16-18-20-22-24-26-28-30-32-34-36-38-40-42-44-46-48-50-52-54-56-58-60-62-64-66-68-70-76(80)75(74-85-86(82,83)84-73-72-79(3,4)5)78-77(81)71-69-67-65-63-61-59-57-55-53-51-49-47-45-43-41-39-37-35-33-31-29-27-25-23-21-19-17-15-13-11-9-7-2/h60,62,68,70,75-76,80H,6-59,61,63-67,69,71-74H2,1-5H3,(H-,78,81,82,83)/p+1/b62-60+,70-68+. The Labute approximate surface area is 538 Å². The average Bonchev–Trinajstić information content (AvgIpc) is 3.70. The first-order valence-electron chi connectivity index (χ1n) is 38.7. The molecule has 1 amide bonds. The van der Waals surface area contributed by atoms with Crippen molar-refractivity contribution in [2.24, 2.45) is 0 Å². The fourth-order valence-corrected chi connectivity index (χ4v) is 12.9. The summed E-state index contributed by atoms with van der Waals surface area (Å²) in [5.41, 5.74) is 0. The first-order valence-corrected chi connectivity index (χ1v) is 40.2. The highest BCUT2D eigenvalue weighted by Gasteiger charge is 2.28. The fourth-order valence-electron chi connectivity index (χ4n) is 12.2. The maximum absolute atomic E-state index is 13.1. The van der Waals surface area contributed by atoms with Crippen LogP contribution in [0.3, 0.4) is 0 Å². The van der Waals surface area contributed by atoms with Gasteiger partial charge in [0.25, 0.3) is 0 Å². The van der Waals surface area contributed by atoms with Crippen LogP contribution in [-0.2, 0) is 18.4 Å². The van der Waals surface area contributed by atoms with Crippen molar-refractivity contribution in [3.63, 3.8) is 0 Å². The highest BCUT2D eigenvalue weighted by Crippen LogP contribution is 2.43. The highest BCUT2D eigenvalue weighted by atomic mass is 31.2. The first kappa shape index (κ1) is 85.0. The molecule has 512 valence electrons. The minimum Gasteiger partial charge on any atom is -0.387 e. The van der Waals surface area contributed by atoms with Crippen molar-refractivity contribution in [3.05, 3.63) is 24.3 Å². The second kappa shape index (κ2) is 68.3. The van der Waals surface area contributed by atoms with Gasteiger partial charge in [-0.3, -0.25) is 13.8 Å². The molecule has 9 heteroatoms. The van der Waals surface area contributed by atoms with Crippen molar-refractivity contribution in [1.29, 1.82) is 0 Å². The number of carbonyl (C=O) groups excluding carboxylic acids is 1. The van der Waals surface area contributed by atoms with E-state index in [0.717, 1.165) is 38.5 Å². The number of rotatable bonds is 73. The monoisotopic (exact) mass is 1230 g/mol. The summed E-state index contributed by atoms with van der Waals surface area (Å²) in [5.74, 6) is -0.177. The number of quaternary nitrogens is 1. The van der Waals surface area contributed by atoms with Crippen LogP contribution in [0, 0.1) is 0 Å². The van der Waals surface area contributed by atoms with Gasteiger partial charge in [-0.05, 0) is 32.1 Å². The van der Waals surface area contributed by atoms with Gasteiger partial charge in [-0.2, -0.15) is 0 Å². The van der Waals surface area contributed by atoms with Crippen molar-refractivity contribution in [1.82, 2.24) is 5.32 Å². The molecule has 0 radical (unpaired) electrons. The van der Waals surface area contributed by atoms with Crippen molar-refractivity contribution >= 4 is 13.7 Å². The second-order valence-electron chi connectivity index (χ2n) is 28.1. The van der Waals surface area contributed by atoms with E-state index in [1.165, 1.54) is 353 Å². The van der Waals surface area contributed by atoms with Gasteiger partial charge >= 0.3 is 7.82 Å². The van der Waals surface area contributed by atoms with Gasteiger partial charge in [-0.25, -0.2) is 4.57 Å². The minimum absolute atomic E-state index is 0.0592. The van der Waals surface area contributed by atoms with Crippen LogP contribution in [-0.4, -0.2) is 73.4 Å². The Balaban J connectivity index is 4.00. The molecule has 3 unspecified atom stereocenters. The molecule has 3 atom stereocenters. The molecule has 0 saturated heterocycles. The van der Waals surface area contributed by atoms with E-state index in [9.17, 15) is 19.4 Å². The summed E-state index contributed by atoms with van der Waals surface area (Å²) in [6.45, 7) is 4.87. The summed E-state index contributed by atoms with van der Waals surface area (Å²) >= 11 is 0. The molecule has 0 aliphatic carbocycles. The minimum atomic E-state index is -4.36. The zero-order chi connectivity index (χ0) is 62.6. The molecule has 86 heavy (non-hydrogen) atoms. The molecular formula is C77H154N2O6P+. The van der Waals surface area contributed by atoms with Crippen molar-refractivity contribution in [2.45, 2.75) is 424 Å². The Morgan fingerprint density at radius 2 is 0.640 bits per heavy atom. The molecule has 0 aromatic heterocycles. The van der Waals surface area contributed by atoms with Gasteiger partial charge in [0.15, 0.2) is 0 Å². The topological polar surface area (TPSA) is 105 Å². The number of nitrogens with one attached hydrogen (secondary N) is 1. The van der Waals surface area contributed by atoms with Gasteiger partial charge in [-0.15, -0.1) is 0 Å². The van der Waals surface area contributed by atoms with Crippen LogP contribution >= 0.6 is 7.82 Å². The molecule has 0 fully saturated rings. The summed E-state index contributed by atoms with van der Waals surface area (Å²) in [4.78, 5) is 23.5. The second-order valence-corrected chi connectivity index (χ2v) is 29.5. The molecule has 0 heterocycles. The highest BCUT2D eigenvalue weighted by molar-refractivity contribution is 7.47. The van der Waals surface area contributed by atoms with Gasteiger partial charge < -0.3 is 19.8 Å². The largest absolute Gasteiger partial charge is 0.472 e. The third kappa shape index (κ3) is 70.4. The summed E-state index contributed by atoms with van der Waals surface area (Å²) in [6, 6.07) is -0.862. The van der Waals surface area contributed by atoms with Crippen LogP contribution in [0.4, 0.5) is 0 Å². The summed E-state index contributed by atoms with van der Waals surface area (Å²) in [7, 11) is 1.58. The number of carbonyl (C=O) groups is 1.